The number of alkyl halides is 3. The Balaban J connectivity index is 1.67. The van der Waals surface area contributed by atoms with Gasteiger partial charge in [0.2, 0.25) is 0 Å². The van der Waals surface area contributed by atoms with Crippen LogP contribution in [0.1, 0.15) is 22.7 Å². The molecule has 0 aliphatic carbocycles. The van der Waals surface area contributed by atoms with E-state index in [2.05, 4.69) is 5.32 Å². The summed E-state index contributed by atoms with van der Waals surface area (Å²) in [6.45, 7) is 1.71. The lowest BCUT2D eigenvalue weighted by molar-refractivity contribution is -0.137. The smallest absolute Gasteiger partial charge is 0.416 e. The molecule has 1 heterocycles. The first-order chi connectivity index (χ1) is 13.7. The first-order valence-corrected chi connectivity index (χ1v) is 8.89. The van der Waals surface area contributed by atoms with Crippen molar-refractivity contribution >= 4 is 5.69 Å². The van der Waals surface area contributed by atoms with Crippen molar-refractivity contribution in [2.75, 3.05) is 11.9 Å². The van der Waals surface area contributed by atoms with Gasteiger partial charge in [0.1, 0.15) is 24.0 Å². The topological polar surface area (TPSA) is 21.3 Å². The molecule has 3 aromatic rings. The molecule has 0 bridgehead atoms. The first-order valence-electron chi connectivity index (χ1n) is 8.89. The minimum Gasteiger partial charge on any atom is -0.489 e. The molecule has 2 nitrogen and oxygen atoms in total. The van der Waals surface area contributed by atoms with Crippen molar-refractivity contribution in [3.05, 3.63) is 82.9 Å². The quantitative estimate of drug-likeness (QED) is 0.491. The van der Waals surface area contributed by atoms with Crippen molar-refractivity contribution in [2.24, 2.45) is 0 Å². The van der Waals surface area contributed by atoms with Crippen molar-refractivity contribution < 1.29 is 26.7 Å². The summed E-state index contributed by atoms with van der Waals surface area (Å²) in [6, 6.07) is 11.4. The van der Waals surface area contributed by atoms with E-state index in [1.54, 1.807) is 25.1 Å². The third kappa shape index (κ3) is 3.64. The van der Waals surface area contributed by atoms with Crippen LogP contribution in [0.15, 0.2) is 54.6 Å². The van der Waals surface area contributed by atoms with Gasteiger partial charge in [-0.05, 0) is 60.0 Å². The molecule has 4 rings (SSSR count). The number of fused-ring (bicyclic) bond motifs is 1. The van der Waals surface area contributed by atoms with Crippen LogP contribution in [-0.2, 0) is 6.18 Å². The van der Waals surface area contributed by atoms with Crippen molar-refractivity contribution in [2.45, 2.75) is 19.1 Å². The average molecular weight is 405 g/mol. The minimum absolute atomic E-state index is 0.0180. The second-order valence-corrected chi connectivity index (χ2v) is 6.88. The molecule has 0 spiro atoms. The molecule has 1 unspecified atom stereocenters. The number of hydrogen-bond donors (Lipinski definition) is 1. The summed E-state index contributed by atoms with van der Waals surface area (Å²) in [5.74, 6) is -0.941. The highest BCUT2D eigenvalue weighted by molar-refractivity contribution is 5.74. The maximum Gasteiger partial charge on any atom is 0.416 e. The van der Waals surface area contributed by atoms with Crippen LogP contribution in [0.4, 0.5) is 27.6 Å². The molecule has 0 saturated carbocycles. The van der Waals surface area contributed by atoms with Crippen LogP contribution in [-0.4, -0.2) is 6.61 Å². The third-order valence-corrected chi connectivity index (χ3v) is 4.94. The van der Waals surface area contributed by atoms with Gasteiger partial charge >= 0.3 is 6.18 Å². The number of rotatable bonds is 2. The highest BCUT2D eigenvalue weighted by Crippen LogP contribution is 2.40. The van der Waals surface area contributed by atoms with E-state index >= 15 is 0 Å². The summed E-state index contributed by atoms with van der Waals surface area (Å²) in [7, 11) is 0. The summed E-state index contributed by atoms with van der Waals surface area (Å²) in [4.78, 5) is 0. The number of aryl methyl sites for hydroxylation is 1. The molecule has 3 aromatic carbocycles. The Hall–Kier alpha value is -3.09. The zero-order chi connectivity index (χ0) is 20.8. The number of nitrogens with one attached hydrogen (secondary N) is 1. The SMILES string of the molecule is Cc1ccc(C(F)(F)F)cc1-c1ccc2c(c1)OCC(c1c(F)cccc1F)N2. The van der Waals surface area contributed by atoms with E-state index in [4.69, 9.17) is 4.74 Å². The second-order valence-electron chi connectivity index (χ2n) is 6.88. The van der Waals surface area contributed by atoms with Crippen LogP contribution in [0.2, 0.25) is 0 Å². The molecule has 0 aromatic heterocycles. The predicted octanol–water partition coefficient (Wildman–Crippen LogP) is 6.50. The summed E-state index contributed by atoms with van der Waals surface area (Å²) in [5, 5.41) is 3.04. The van der Waals surface area contributed by atoms with Crippen molar-refractivity contribution in [1.29, 1.82) is 0 Å². The molecule has 0 amide bonds. The summed E-state index contributed by atoms with van der Waals surface area (Å²) in [6.07, 6.45) is -4.44. The van der Waals surface area contributed by atoms with E-state index in [9.17, 15) is 22.0 Å². The summed E-state index contributed by atoms with van der Waals surface area (Å²) in [5.41, 5.74) is 1.35. The zero-order valence-corrected chi connectivity index (χ0v) is 15.3. The van der Waals surface area contributed by atoms with Crippen LogP contribution < -0.4 is 10.1 Å². The monoisotopic (exact) mass is 405 g/mol. The normalized spacial score (nSPS) is 16.0. The summed E-state index contributed by atoms with van der Waals surface area (Å²) >= 11 is 0. The van der Waals surface area contributed by atoms with Gasteiger partial charge < -0.3 is 10.1 Å². The molecule has 1 atom stereocenters. The molecule has 1 N–H and O–H groups in total. The second kappa shape index (κ2) is 7.06. The molecular weight excluding hydrogens is 389 g/mol. The van der Waals surface area contributed by atoms with Crippen LogP contribution in [0, 0.1) is 18.6 Å². The molecule has 0 radical (unpaired) electrons. The molecule has 1 aliphatic rings. The Morgan fingerprint density at radius 2 is 1.69 bits per heavy atom. The molecule has 29 heavy (non-hydrogen) atoms. The van der Waals surface area contributed by atoms with Crippen molar-refractivity contribution in [3.8, 4) is 16.9 Å². The maximum atomic E-state index is 14.0. The van der Waals surface area contributed by atoms with Crippen molar-refractivity contribution in [1.82, 2.24) is 0 Å². The number of ether oxygens (including phenoxy) is 1. The fourth-order valence-electron chi connectivity index (χ4n) is 3.44. The van der Waals surface area contributed by atoms with E-state index in [0.29, 0.717) is 28.1 Å². The van der Waals surface area contributed by atoms with Gasteiger partial charge in [-0.25, -0.2) is 8.78 Å². The molecule has 150 valence electrons. The van der Waals surface area contributed by atoms with Crippen LogP contribution in [0.5, 0.6) is 5.75 Å². The third-order valence-electron chi connectivity index (χ3n) is 4.94. The molecule has 1 aliphatic heterocycles. The van der Waals surface area contributed by atoms with Crippen LogP contribution >= 0.6 is 0 Å². The lowest BCUT2D eigenvalue weighted by Gasteiger charge is -2.28. The van der Waals surface area contributed by atoms with Gasteiger partial charge in [-0.15, -0.1) is 0 Å². The fraction of sp³-hybridized carbons (Fsp3) is 0.182. The van der Waals surface area contributed by atoms with Gasteiger partial charge in [0.15, 0.2) is 0 Å². The first kappa shape index (κ1) is 19.2. The largest absolute Gasteiger partial charge is 0.489 e. The van der Waals surface area contributed by atoms with Gasteiger partial charge in [0.25, 0.3) is 0 Å². The number of benzene rings is 3. The van der Waals surface area contributed by atoms with Gasteiger partial charge in [-0.1, -0.05) is 18.2 Å². The Morgan fingerprint density at radius 3 is 2.38 bits per heavy atom. The molecule has 7 heteroatoms. The minimum atomic E-state index is -4.44. The Morgan fingerprint density at radius 1 is 0.966 bits per heavy atom. The highest BCUT2D eigenvalue weighted by atomic mass is 19.4. The Kier molecular flexibility index (Phi) is 4.68. The number of halogens is 5. The van der Waals surface area contributed by atoms with Gasteiger partial charge in [-0.3, -0.25) is 0 Å². The van der Waals surface area contributed by atoms with E-state index in [0.717, 1.165) is 12.1 Å². The predicted molar refractivity (Wildman–Crippen MR) is 99.8 cm³/mol. The lowest BCUT2D eigenvalue weighted by atomic mass is 9.96. The Bertz CT molecular complexity index is 1060. The van der Waals surface area contributed by atoms with Gasteiger partial charge in [-0.2, -0.15) is 13.2 Å². The van der Waals surface area contributed by atoms with E-state index in [1.807, 2.05) is 0 Å². The number of hydrogen-bond acceptors (Lipinski definition) is 2. The molecule has 0 fully saturated rings. The van der Waals surface area contributed by atoms with Crippen molar-refractivity contribution in [3.63, 3.8) is 0 Å². The van der Waals surface area contributed by atoms with E-state index in [1.165, 1.54) is 24.3 Å². The average Bonchev–Trinajstić information content (AvgIpc) is 2.67. The van der Waals surface area contributed by atoms with Crippen LogP contribution in [0.3, 0.4) is 0 Å². The maximum absolute atomic E-state index is 14.0. The van der Waals surface area contributed by atoms with Crippen LogP contribution in [0.25, 0.3) is 11.1 Å². The van der Waals surface area contributed by atoms with Gasteiger partial charge in [0.05, 0.1) is 17.3 Å². The Labute approximate surface area is 163 Å². The molecule has 0 saturated heterocycles. The molecular formula is C22H16F5NO. The van der Waals surface area contributed by atoms with Gasteiger partial charge in [0, 0.05) is 5.56 Å². The zero-order valence-electron chi connectivity index (χ0n) is 15.3. The standard InChI is InChI=1S/C22H16F5NO/c1-12-5-7-14(22(25,26)27)10-15(12)13-6-8-18-20(9-13)29-11-19(28-18)21-16(23)3-2-4-17(21)24/h2-10,19,28H,11H2,1H3. The highest BCUT2D eigenvalue weighted by Gasteiger charge is 2.31. The lowest BCUT2D eigenvalue weighted by Crippen LogP contribution is -2.25. The summed E-state index contributed by atoms with van der Waals surface area (Å²) < 4.78 is 73.0. The van der Waals surface area contributed by atoms with E-state index in [-0.39, 0.29) is 12.2 Å². The fourth-order valence-corrected chi connectivity index (χ4v) is 3.44. The number of anilines is 1. The van der Waals surface area contributed by atoms with E-state index < -0.39 is 29.4 Å².